The molecule has 1 fully saturated rings. The van der Waals surface area contributed by atoms with E-state index in [0.29, 0.717) is 6.04 Å². The van der Waals surface area contributed by atoms with E-state index in [1.54, 1.807) is 0 Å². The number of likely N-dealkylation sites (N-methyl/N-ethyl adjacent to an activating group) is 1. The lowest BCUT2D eigenvalue weighted by Gasteiger charge is -2.21. The van der Waals surface area contributed by atoms with Gasteiger partial charge >= 0.3 is 0 Å². The summed E-state index contributed by atoms with van der Waals surface area (Å²) in [4.78, 5) is 7.19. The van der Waals surface area contributed by atoms with E-state index in [1.807, 2.05) is 0 Å². The van der Waals surface area contributed by atoms with E-state index in [9.17, 15) is 0 Å². The molecule has 1 heterocycles. The van der Waals surface area contributed by atoms with Crippen LogP contribution in [-0.4, -0.2) is 43.6 Å². The molecule has 0 aromatic heterocycles. The van der Waals surface area contributed by atoms with Gasteiger partial charge in [0.2, 0.25) is 0 Å². The Morgan fingerprint density at radius 1 is 1.23 bits per heavy atom. The fourth-order valence-electron chi connectivity index (χ4n) is 3.01. The fraction of sp³-hybridized carbons (Fsp3) is 0.611. The molecule has 1 aromatic rings. The van der Waals surface area contributed by atoms with Crippen LogP contribution in [0, 0.1) is 0 Å². The van der Waals surface area contributed by atoms with E-state index in [2.05, 4.69) is 60.7 Å². The van der Waals surface area contributed by atoms with Crippen LogP contribution in [0.15, 0.2) is 29.3 Å². The number of guanidine groups is 1. The summed E-state index contributed by atoms with van der Waals surface area (Å²) in [5, 5.41) is 6.85. The van der Waals surface area contributed by atoms with Crippen LogP contribution in [0.4, 0.5) is 0 Å². The maximum Gasteiger partial charge on any atom is 0.191 e. The van der Waals surface area contributed by atoms with E-state index in [1.165, 1.54) is 30.5 Å². The lowest BCUT2D eigenvalue weighted by molar-refractivity contribution is 0.309. The summed E-state index contributed by atoms with van der Waals surface area (Å²) in [5.41, 5.74) is 2.71. The smallest absolute Gasteiger partial charge is 0.191 e. The molecule has 122 valence electrons. The average molecular weight is 302 g/mol. The summed E-state index contributed by atoms with van der Waals surface area (Å²) >= 11 is 0. The highest BCUT2D eigenvalue weighted by atomic mass is 15.2. The molecule has 1 aliphatic heterocycles. The molecule has 1 aliphatic rings. The molecule has 4 nitrogen and oxygen atoms in total. The lowest BCUT2D eigenvalue weighted by atomic mass is 10.1. The van der Waals surface area contributed by atoms with Crippen molar-refractivity contribution >= 4 is 5.96 Å². The molecule has 1 saturated heterocycles. The van der Waals surface area contributed by atoms with Gasteiger partial charge in [-0.3, -0.25) is 0 Å². The Morgan fingerprint density at radius 2 is 2.00 bits per heavy atom. The summed E-state index contributed by atoms with van der Waals surface area (Å²) in [6, 6.07) is 9.20. The highest BCUT2D eigenvalue weighted by molar-refractivity contribution is 5.79. The fourth-order valence-corrected chi connectivity index (χ4v) is 3.01. The van der Waals surface area contributed by atoms with Gasteiger partial charge in [0.1, 0.15) is 0 Å². The first kappa shape index (κ1) is 16.8. The quantitative estimate of drug-likeness (QED) is 0.626. The van der Waals surface area contributed by atoms with Crippen molar-refractivity contribution in [3.05, 3.63) is 35.4 Å². The Labute approximate surface area is 135 Å². The van der Waals surface area contributed by atoms with E-state index in [0.717, 1.165) is 32.0 Å². The number of benzene rings is 1. The number of nitrogens with zero attached hydrogens (tertiary/aromatic N) is 2. The van der Waals surface area contributed by atoms with Gasteiger partial charge in [-0.2, -0.15) is 0 Å². The summed E-state index contributed by atoms with van der Waals surface area (Å²) in [7, 11) is 2.21. The molecule has 0 spiro atoms. The molecule has 4 heteroatoms. The first-order valence-electron chi connectivity index (χ1n) is 8.53. The van der Waals surface area contributed by atoms with Gasteiger partial charge in [-0.1, -0.05) is 31.2 Å². The minimum atomic E-state index is 0.631. The van der Waals surface area contributed by atoms with Crippen molar-refractivity contribution in [1.29, 1.82) is 0 Å². The molecule has 2 rings (SSSR count). The molecule has 1 aromatic carbocycles. The first-order chi connectivity index (χ1) is 10.7. The zero-order valence-corrected chi connectivity index (χ0v) is 14.2. The molecule has 0 amide bonds. The molecule has 2 N–H and O–H groups in total. The van der Waals surface area contributed by atoms with Crippen LogP contribution in [-0.2, 0) is 13.0 Å². The molecule has 0 aliphatic carbocycles. The molecule has 0 saturated carbocycles. The molecule has 1 unspecified atom stereocenters. The second-order valence-corrected chi connectivity index (χ2v) is 5.97. The van der Waals surface area contributed by atoms with Crippen molar-refractivity contribution in [2.45, 2.75) is 45.7 Å². The van der Waals surface area contributed by atoms with Crippen LogP contribution in [0.25, 0.3) is 0 Å². The van der Waals surface area contributed by atoms with Crippen molar-refractivity contribution in [1.82, 2.24) is 15.5 Å². The van der Waals surface area contributed by atoms with E-state index < -0.39 is 0 Å². The minimum absolute atomic E-state index is 0.631. The predicted molar refractivity (Wildman–Crippen MR) is 94.3 cm³/mol. The van der Waals surface area contributed by atoms with Crippen LogP contribution in [0.1, 0.15) is 37.8 Å². The van der Waals surface area contributed by atoms with E-state index in [-0.39, 0.29) is 0 Å². The number of aryl methyl sites for hydroxylation is 1. The number of nitrogens with one attached hydrogen (secondary N) is 2. The van der Waals surface area contributed by atoms with Gasteiger partial charge in [0.25, 0.3) is 0 Å². The van der Waals surface area contributed by atoms with Crippen LogP contribution < -0.4 is 10.6 Å². The highest BCUT2D eigenvalue weighted by Gasteiger charge is 2.20. The number of hydrogen-bond acceptors (Lipinski definition) is 2. The van der Waals surface area contributed by atoms with Crippen LogP contribution >= 0.6 is 0 Å². The number of aliphatic imine (C=N–C) groups is 1. The van der Waals surface area contributed by atoms with Crippen molar-refractivity contribution in [2.24, 2.45) is 4.99 Å². The second kappa shape index (κ2) is 8.79. The Kier molecular flexibility index (Phi) is 6.72. The van der Waals surface area contributed by atoms with Crippen LogP contribution in [0.5, 0.6) is 0 Å². The van der Waals surface area contributed by atoms with Gasteiger partial charge in [-0.15, -0.1) is 0 Å². The monoisotopic (exact) mass is 302 g/mol. The van der Waals surface area contributed by atoms with Gasteiger partial charge < -0.3 is 15.5 Å². The third-order valence-electron chi connectivity index (χ3n) is 4.43. The molecule has 0 radical (unpaired) electrons. The third-order valence-corrected chi connectivity index (χ3v) is 4.43. The van der Waals surface area contributed by atoms with Crippen molar-refractivity contribution in [3.63, 3.8) is 0 Å². The predicted octanol–water partition coefficient (Wildman–Crippen LogP) is 2.40. The van der Waals surface area contributed by atoms with Crippen LogP contribution in [0.3, 0.4) is 0 Å². The van der Waals surface area contributed by atoms with E-state index in [4.69, 9.17) is 4.99 Å². The zero-order chi connectivity index (χ0) is 15.8. The van der Waals surface area contributed by atoms with Crippen molar-refractivity contribution in [3.8, 4) is 0 Å². The SMILES string of the molecule is CCNC(=NCc1ccccc1CC)NCC1CCCN1C. The molecule has 1 atom stereocenters. The second-order valence-electron chi connectivity index (χ2n) is 5.97. The van der Waals surface area contributed by atoms with E-state index >= 15 is 0 Å². The highest BCUT2D eigenvalue weighted by Crippen LogP contribution is 2.13. The zero-order valence-electron chi connectivity index (χ0n) is 14.2. The molecular weight excluding hydrogens is 272 g/mol. The maximum atomic E-state index is 4.75. The Bertz CT molecular complexity index is 484. The van der Waals surface area contributed by atoms with Gasteiger partial charge in [-0.05, 0) is 50.9 Å². The average Bonchev–Trinajstić information content (AvgIpc) is 2.95. The van der Waals surface area contributed by atoms with Crippen molar-refractivity contribution < 1.29 is 0 Å². The minimum Gasteiger partial charge on any atom is -0.357 e. The normalized spacial score (nSPS) is 19.4. The van der Waals surface area contributed by atoms with Crippen molar-refractivity contribution in [2.75, 3.05) is 26.7 Å². The molecule has 0 bridgehead atoms. The topological polar surface area (TPSA) is 39.7 Å². The number of hydrogen-bond donors (Lipinski definition) is 2. The molecular formula is C18H30N4. The largest absolute Gasteiger partial charge is 0.357 e. The van der Waals surface area contributed by atoms with Gasteiger partial charge in [0.05, 0.1) is 6.54 Å². The lowest BCUT2D eigenvalue weighted by Crippen LogP contribution is -2.44. The summed E-state index contributed by atoms with van der Waals surface area (Å²) in [6.45, 7) is 8.12. The Hall–Kier alpha value is -1.55. The van der Waals surface area contributed by atoms with Gasteiger partial charge in [0.15, 0.2) is 5.96 Å². The summed E-state index contributed by atoms with van der Waals surface area (Å²) in [6.07, 6.45) is 3.64. The maximum absolute atomic E-state index is 4.75. The summed E-state index contributed by atoms with van der Waals surface area (Å²) < 4.78 is 0. The van der Waals surface area contributed by atoms with Crippen LogP contribution in [0.2, 0.25) is 0 Å². The van der Waals surface area contributed by atoms with Gasteiger partial charge in [0, 0.05) is 19.1 Å². The standard InChI is InChI=1S/C18H30N4/c1-4-15-9-6-7-10-16(15)13-20-18(19-5-2)21-14-17-11-8-12-22(17)3/h6-7,9-10,17H,4-5,8,11-14H2,1-3H3,(H2,19,20,21). The summed E-state index contributed by atoms with van der Waals surface area (Å²) in [5.74, 6) is 0.925. The third kappa shape index (κ3) is 4.73. The number of rotatable bonds is 6. The Morgan fingerprint density at radius 3 is 2.64 bits per heavy atom. The number of likely N-dealkylation sites (tertiary alicyclic amines) is 1. The Balaban J connectivity index is 1.94. The first-order valence-corrected chi connectivity index (χ1v) is 8.53. The van der Waals surface area contributed by atoms with Gasteiger partial charge in [-0.25, -0.2) is 4.99 Å². The molecule has 22 heavy (non-hydrogen) atoms.